The second-order valence-electron chi connectivity index (χ2n) is 5.46. The first kappa shape index (κ1) is 14.3. The monoisotopic (exact) mass is 264 g/mol. The Morgan fingerprint density at radius 3 is 2.74 bits per heavy atom. The van der Waals surface area contributed by atoms with Gasteiger partial charge in [-0.1, -0.05) is 13.8 Å². The molecule has 0 aromatic carbocycles. The number of nitrogens with two attached hydrogens (primary N) is 1. The number of aromatic nitrogens is 1. The summed E-state index contributed by atoms with van der Waals surface area (Å²) in [6.45, 7) is 7.20. The van der Waals surface area contributed by atoms with Crippen molar-refractivity contribution in [2.45, 2.75) is 39.2 Å². The average Bonchev–Trinajstić information content (AvgIpc) is 2.45. The molecule has 4 nitrogen and oxygen atoms in total. The van der Waals surface area contributed by atoms with E-state index in [2.05, 4.69) is 24.9 Å². The molecule has 0 radical (unpaired) electrons. The van der Waals surface area contributed by atoms with Gasteiger partial charge in [-0.25, -0.2) is 4.98 Å². The highest BCUT2D eigenvalue weighted by molar-refractivity contribution is 5.26. The number of nitrogens with zero attached hydrogens (tertiary/aromatic N) is 1. The fraction of sp³-hybridized carbons (Fsp3) is 0.667. The first-order valence-corrected chi connectivity index (χ1v) is 7.10. The maximum absolute atomic E-state index is 5.86. The molecule has 2 heterocycles. The zero-order valence-corrected chi connectivity index (χ0v) is 11.9. The number of hydrogen-bond acceptors (Lipinski definition) is 4. The first-order chi connectivity index (χ1) is 9.19. The third-order valence-corrected chi connectivity index (χ3v) is 3.52. The Morgan fingerprint density at radius 2 is 2.11 bits per heavy atom. The van der Waals surface area contributed by atoms with E-state index in [0.717, 1.165) is 43.9 Å². The van der Waals surface area contributed by atoms with Crippen LogP contribution in [0.3, 0.4) is 0 Å². The second-order valence-corrected chi connectivity index (χ2v) is 5.46. The van der Waals surface area contributed by atoms with Crippen LogP contribution in [-0.4, -0.2) is 24.8 Å². The van der Waals surface area contributed by atoms with Crippen LogP contribution in [0.5, 0.6) is 5.88 Å². The summed E-state index contributed by atoms with van der Waals surface area (Å²) in [4.78, 5) is 4.56. The third-order valence-electron chi connectivity index (χ3n) is 3.52. The lowest BCUT2D eigenvalue weighted by atomic mass is 10.0. The van der Waals surface area contributed by atoms with Gasteiger partial charge in [-0.3, -0.25) is 0 Å². The predicted molar refractivity (Wildman–Crippen MR) is 75.3 cm³/mol. The van der Waals surface area contributed by atoms with E-state index in [-0.39, 0.29) is 0 Å². The van der Waals surface area contributed by atoms with Gasteiger partial charge in [0.05, 0.1) is 6.61 Å². The number of hydrogen-bond donors (Lipinski definition) is 1. The summed E-state index contributed by atoms with van der Waals surface area (Å²) in [7, 11) is 0. The smallest absolute Gasteiger partial charge is 0.213 e. The molecule has 1 aliphatic rings. The normalized spacial score (nSPS) is 16.8. The van der Waals surface area contributed by atoms with Gasteiger partial charge in [0.2, 0.25) is 5.88 Å². The van der Waals surface area contributed by atoms with Gasteiger partial charge >= 0.3 is 0 Å². The molecule has 0 aliphatic carbocycles. The molecule has 106 valence electrons. The fourth-order valence-corrected chi connectivity index (χ4v) is 2.19. The maximum atomic E-state index is 5.86. The number of rotatable bonds is 5. The Morgan fingerprint density at radius 1 is 1.37 bits per heavy atom. The Bertz CT molecular complexity index is 401. The molecule has 1 aliphatic heterocycles. The summed E-state index contributed by atoms with van der Waals surface area (Å²) in [5.74, 6) is 1.68. The molecular formula is C15H24N2O2. The van der Waals surface area contributed by atoms with Crippen LogP contribution in [0.1, 0.15) is 43.9 Å². The molecule has 4 heteroatoms. The molecule has 0 unspecified atom stereocenters. The number of pyridine rings is 1. The van der Waals surface area contributed by atoms with Crippen molar-refractivity contribution in [3.8, 4) is 5.88 Å². The van der Waals surface area contributed by atoms with Crippen LogP contribution in [0.2, 0.25) is 0 Å². The van der Waals surface area contributed by atoms with Gasteiger partial charge in [-0.05, 0) is 36.3 Å². The molecule has 1 aromatic heterocycles. The van der Waals surface area contributed by atoms with E-state index in [1.54, 1.807) is 0 Å². The summed E-state index contributed by atoms with van der Waals surface area (Å²) in [5, 5.41) is 0. The van der Waals surface area contributed by atoms with Crippen molar-refractivity contribution in [3.63, 3.8) is 0 Å². The molecule has 0 bridgehead atoms. The van der Waals surface area contributed by atoms with Gasteiger partial charge in [-0.2, -0.15) is 0 Å². The summed E-state index contributed by atoms with van der Waals surface area (Å²) < 4.78 is 11.2. The largest absolute Gasteiger partial charge is 0.477 e. The summed E-state index contributed by atoms with van der Waals surface area (Å²) in [6.07, 6.45) is 2.15. The molecule has 1 fully saturated rings. The van der Waals surface area contributed by atoms with E-state index in [1.165, 1.54) is 0 Å². The molecule has 2 rings (SSSR count). The SMILES string of the molecule is CC(C)c1cc(CN)cc(OCC2CCOCC2)n1. The summed E-state index contributed by atoms with van der Waals surface area (Å²) in [6, 6.07) is 4.01. The van der Waals surface area contributed by atoms with Gasteiger partial charge in [0.15, 0.2) is 0 Å². The zero-order valence-electron chi connectivity index (χ0n) is 11.9. The predicted octanol–water partition coefficient (Wildman–Crippen LogP) is 2.47. The van der Waals surface area contributed by atoms with Crippen LogP contribution in [0.15, 0.2) is 12.1 Å². The lowest BCUT2D eigenvalue weighted by Crippen LogP contribution is -2.21. The lowest BCUT2D eigenvalue weighted by molar-refractivity contribution is 0.0490. The molecule has 0 saturated carbocycles. The van der Waals surface area contributed by atoms with E-state index in [1.807, 2.05) is 6.07 Å². The molecule has 1 aromatic rings. The van der Waals surface area contributed by atoms with Crippen LogP contribution in [0, 0.1) is 5.92 Å². The van der Waals surface area contributed by atoms with E-state index >= 15 is 0 Å². The topological polar surface area (TPSA) is 57.4 Å². The minimum absolute atomic E-state index is 0.386. The van der Waals surface area contributed by atoms with Gasteiger partial charge in [0.25, 0.3) is 0 Å². The fourth-order valence-electron chi connectivity index (χ4n) is 2.19. The molecule has 1 saturated heterocycles. The van der Waals surface area contributed by atoms with E-state index in [9.17, 15) is 0 Å². The molecule has 0 atom stereocenters. The van der Waals surface area contributed by atoms with Crippen molar-refractivity contribution < 1.29 is 9.47 Å². The Labute approximate surface area is 115 Å². The van der Waals surface area contributed by atoms with Crippen LogP contribution in [0.4, 0.5) is 0 Å². The van der Waals surface area contributed by atoms with Crippen LogP contribution < -0.4 is 10.5 Å². The molecule has 0 amide bonds. The Kier molecular flexibility index (Phi) is 5.16. The summed E-state index contributed by atoms with van der Waals surface area (Å²) >= 11 is 0. The highest BCUT2D eigenvalue weighted by atomic mass is 16.5. The van der Waals surface area contributed by atoms with Crippen molar-refractivity contribution in [1.29, 1.82) is 0 Å². The van der Waals surface area contributed by atoms with Crippen molar-refractivity contribution in [3.05, 3.63) is 23.4 Å². The molecule has 19 heavy (non-hydrogen) atoms. The van der Waals surface area contributed by atoms with Crippen molar-refractivity contribution in [2.24, 2.45) is 11.7 Å². The van der Waals surface area contributed by atoms with Gasteiger partial charge in [0, 0.05) is 31.5 Å². The minimum atomic E-state index is 0.386. The van der Waals surface area contributed by atoms with E-state index < -0.39 is 0 Å². The highest BCUT2D eigenvalue weighted by Gasteiger charge is 2.15. The highest BCUT2D eigenvalue weighted by Crippen LogP contribution is 2.21. The van der Waals surface area contributed by atoms with Gasteiger partial charge < -0.3 is 15.2 Å². The van der Waals surface area contributed by atoms with Crippen LogP contribution in [-0.2, 0) is 11.3 Å². The van der Waals surface area contributed by atoms with Crippen molar-refractivity contribution in [1.82, 2.24) is 4.98 Å². The van der Waals surface area contributed by atoms with E-state index in [0.29, 0.717) is 24.3 Å². The quantitative estimate of drug-likeness (QED) is 0.887. The van der Waals surface area contributed by atoms with Crippen LogP contribution in [0.25, 0.3) is 0 Å². The summed E-state index contributed by atoms with van der Waals surface area (Å²) in [5.41, 5.74) is 7.86. The third kappa shape index (κ3) is 4.18. The molecule has 2 N–H and O–H groups in total. The molecular weight excluding hydrogens is 240 g/mol. The van der Waals surface area contributed by atoms with Crippen molar-refractivity contribution >= 4 is 0 Å². The minimum Gasteiger partial charge on any atom is -0.477 e. The van der Waals surface area contributed by atoms with Crippen LogP contribution >= 0.6 is 0 Å². The zero-order chi connectivity index (χ0) is 13.7. The second kappa shape index (κ2) is 6.87. The van der Waals surface area contributed by atoms with Crippen molar-refractivity contribution in [2.75, 3.05) is 19.8 Å². The maximum Gasteiger partial charge on any atom is 0.213 e. The van der Waals surface area contributed by atoms with Gasteiger partial charge in [0.1, 0.15) is 0 Å². The Hall–Kier alpha value is -1.13. The Balaban J connectivity index is 2.00. The lowest BCUT2D eigenvalue weighted by Gasteiger charge is -2.22. The first-order valence-electron chi connectivity index (χ1n) is 7.10. The van der Waals surface area contributed by atoms with E-state index in [4.69, 9.17) is 15.2 Å². The standard InChI is InChI=1S/C15H24N2O2/c1-11(2)14-7-13(9-16)8-15(17-14)19-10-12-3-5-18-6-4-12/h7-8,11-12H,3-6,9-10,16H2,1-2H3. The molecule has 0 spiro atoms. The number of ether oxygens (including phenoxy) is 2. The van der Waals surface area contributed by atoms with Gasteiger partial charge in [-0.15, -0.1) is 0 Å². The average molecular weight is 264 g/mol.